The first kappa shape index (κ1) is 14.4. The van der Waals surface area contributed by atoms with Gasteiger partial charge in [0.2, 0.25) is 0 Å². The number of anilines is 1. The van der Waals surface area contributed by atoms with E-state index in [1.165, 1.54) is 35.7 Å². The van der Waals surface area contributed by atoms with Crippen molar-refractivity contribution in [1.29, 1.82) is 0 Å². The molecule has 0 spiro atoms. The number of ether oxygens (including phenoxy) is 2. The van der Waals surface area contributed by atoms with Gasteiger partial charge in [-0.2, -0.15) is 0 Å². The molecule has 2 aromatic rings. The standard InChI is InChI=1S/C20H20FNO2/c21-14-4-1-3-13(11-14)17-20-19(23-9-10-24-20)16-6-2-5-15(12-7-8-12)18(16)22-17/h1-6,11-12,17,19-20,22H,7-10H2. The van der Waals surface area contributed by atoms with Crippen LogP contribution in [0, 0.1) is 5.82 Å². The molecule has 3 nitrogen and oxygen atoms in total. The van der Waals surface area contributed by atoms with Crippen molar-refractivity contribution < 1.29 is 13.9 Å². The first-order valence-corrected chi connectivity index (χ1v) is 8.69. The highest BCUT2D eigenvalue weighted by atomic mass is 19.1. The van der Waals surface area contributed by atoms with Crippen molar-refractivity contribution in [2.45, 2.75) is 37.0 Å². The van der Waals surface area contributed by atoms with Gasteiger partial charge in [0, 0.05) is 11.3 Å². The molecule has 3 atom stereocenters. The van der Waals surface area contributed by atoms with E-state index in [0.29, 0.717) is 19.1 Å². The Labute approximate surface area is 140 Å². The summed E-state index contributed by atoms with van der Waals surface area (Å²) in [5, 5.41) is 3.66. The summed E-state index contributed by atoms with van der Waals surface area (Å²) in [7, 11) is 0. The van der Waals surface area contributed by atoms with Crippen molar-refractivity contribution in [3.63, 3.8) is 0 Å². The second-order valence-corrected chi connectivity index (χ2v) is 6.89. The van der Waals surface area contributed by atoms with Crippen LogP contribution in [0.3, 0.4) is 0 Å². The molecule has 1 N–H and O–H groups in total. The Balaban J connectivity index is 1.62. The van der Waals surface area contributed by atoms with Gasteiger partial charge in [-0.05, 0) is 42.0 Å². The maximum atomic E-state index is 13.8. The van der Waals surface area contributed by atoms with Crippen molar-refractivity contribution in [2.75, 3.05) is 18.5 Å². The Morgan fingerprint density at radius 1 is 0.958 bits per heavy atom. The van der Waals surface area contributed by atoms with Crippen molar-refractivity contribution >= 4 is 5.69 Å². The molecule has 3 unspecified atom stereocenters. The van der Waals surface area contributed by atoms with Crippen LogP contribution < -0.4 is 5.32 Å². The summed E-state index contributed by atoms with van der Waals surface area (Å²) in [4.78, 5) is 0. The SMILES string of the molecule is Fc1cccc(C2Nc3c(C4CC4)cccc3C3OCCOC23)c1. The molecule has 2 fully saturated rings. The van der Waals surface area contributed by atoms with E-state index < -0.39 is 0 Å². The molecule has 2 aliphatic heterocycles. The number of hydrogen-bond acceptors (Lipinski definition) is 3. The predicted octanol–water partition coefficient (Wildman–Crippen LogP) is 4.33. The first-order valence-electron chi connectivity index (χ1n) is 8.69. The molecule has 1 aliphatic carbocycles. The van der Waals surface area contributed by atoms with Crippen LogP contribution in [0.25, 0.3) is 0 Å². The number of hydrogen-bond donors (Lipinski definition) is 1. The highest BCUT2D eigenvalue weighted by Crippen LogP contribution is 2.51. The molecule has 0 amide bonds. The van der Waals surface area contributed by atoms with Crippen molar-refractivity contribution in [3.8, 4) is 0 Å². The third-order valence-electron chi connectivity index (χ3n) is 5.28. The molecule has 24 heavy (non-hydrogen) atoms. The van der Waals surface area contributed by atoms with E-state index in [-0.39, 0.29) is 24.1 Å². The highest BCUT2D eigenvalue weighted by molar-refractivity contribution is 5.64. The second kappa shape index (κ2) is 5.57. The van der Waals surface area contributed by atoms with Gasteiger partial charge in [-0.3, -0.25) is 0 Å². The molecule has 124 valence electrons. The van der Waals surface area contributed by atoms with Gasteiger partial charge in [-0.1, -0.05) is 30.3 Å². The van der Waals surface area contributed by atoms with Crippen molar-refractivity contribution in [2.24, 2.45) is 0 Å². The molecule has 3 aliphatic rings. The molecule has 2 heterocycles. The zero-order chi connectivity index (χ0) is 16.1. The molecule has 0 radical (unpaired) electrons. The predicted molar refractivity (Wildman–Crippen MR) is 89.6 cm³/mol. The lowest BCUT2D eigenvalue weighted by molar-refractivity contribution is -0.151. The lowest BCUT2D eigenvalue weighted by Crippen LogP contribution is -2.43. The number of halogens is 1. The quantitative estimate of drug-likeness (QED) is 0.891. The van der Waals surface area contributed by atoms with Crippen LogP contribution in [0.4, 0.5) is 10.1 Å². The summed E-state index contributed by atoms with van der Waals surface area (Å²) in [6.45, 7) is 1.18. The average Bonchev–Trinajstić information content (AvgIpc) is 3.45. The lowest BCUT2D eigenvalue weighted by Gasteiger charge is -2.43. The number of para-hydroxylation sites is 1. The number of nitrogens with one attached hydrogen (secondary N) is 1. The number of rotatable bonds is 2. The van der Waals surface area contributed by atoms with Crippen molar-refractivity contribution in [1.82, 2.24) is 0 Å². The molecule has 1 saturated heterocycles. The smallest absolute Gasteiger partial charge is 0.123 e. The molecule has 2 aromatic carbocycles. The van der Waals surface area contributed by atoms with Crippen LogP contribution in [-0.2, 0) is 9.47 Å². The minimum absolute atomic E-state index is 0.0954. The normalized spacial score (nSPS) is 28.6. The van der Waals surface area contributed by atoms with Crippen molar-refractivity contribution in [3.05, 3.63) is 65.0 Å². The van der Waals surface area contributed by atoms with E-state index in [1.54, 1.807) is 12.1 Å². The summed E-state index contributed by atoms with van der Waals surface area (Å²) in [6.07, 6.45) is 2.26. The van der Waals surface area contributed by atoms with Crippen LogP contribution in [0.15, 0.2) is 42.5 Å². The Morgan fingerprint density at radius 3 is 2.58 bits per heavy atom. The summed E-state index contributed by atoms with van der Waals surface area (Å²) < 4.78 is 25.9. The zero-order valence-electron chi connectivity index (χ0n) is 13.4. The van der Waals surface area contributed by atoms with E-state index in [9.17, 15) is 4.39 Å². The largest absolute Gasteiger partial charge is 0.375 e. The minimum Gasteiger partial charge on any atom is -0.375 e. The molecule has 1 saturated carbocycles. The molecular weight excluding hydrogens is 305 g/mol. The fraction of sp³-hybridized carbons (Fsp3) is 0.400. The van der Waals surface area contributed by atoms with E-state index in [2.05, 4.69) is 23.5 Å². The Morgan fingerprint density at radius 2 is 1.75 bits per heavy atom. The number of benzene rings is 2. The molecular formula is C20H20FNO2. The maximum absolute atomic E-state index is 13.8. The summed E-state index contributed by atoms with van der Waals surface area (Å²) in [5.41, 5.74) is 4.62. The van der Waals surface area contributed by atoms with E-state index in [0.717, 1.165) is 5.56 Å². The van der Waals surface area contributed by atoms with Gasteiger partial charge in [0.1, 0.15) is 18.0 Å². The Bertz CT molecular complexity index is 774. The van der Waals surface area contributed by atoms with Crippen LogP contribution in [-0.4, -0.2) is 19.3 Å². The topological polar surface area (TPSA) is 30.5 Å². The zero-order valence-corrected chi connectivity index (χ0v) is 13.4. The van der Waals surface area contributed by atoms with Gasteiger partial charge in [0.15, 0.2) is 0 Å². The van der Waals surface area contributed by atoms with Gasteiger partial charge >= 0.3 is 0 Å². The second-order valence-electron chi connectivity index (χ2n) is 6.89. The molecule has 0 bridgehead atoms. The van der Waals surface area contributed by atoms with Crippen LogP contribution in [0.1, 0.15) is 47.6 Å². The fourth-order valence-electron chi connectivity index (χ4n) is 4.02. The summed E-state index contributed by atoms with van der Waals surface area (Å²) in [5.74, 6) is 0.422. The Hall–Kier alpha value is -1.91. The lowest BCUT2D eigenvalue weighted by atomic mass is 9.85. The highest BCUT2D eigenvalue weighted by Gasteiger charge is 2.43. The van der Waals surface area contributed by atoms with Gasteiger partial charge in [0.05, 0.1) is 19.3 Å². The monoisotopic (exact) mass is 325 g/mol. The molecule has 4 heteroatoms. The van der Waals surface area contributed by atoms with E-state index in [4.69, 9.17) is 9.47 Å². The average molecular weight is 325 g/mol. The number of fused-ring (bicyclic) bond motifs is 3. The van der Waals surface area contributed by atoms with Gasteiger partial charge in [-0.25, -0.2) is 4.39 Å². The Kier molecular flexibility index (Phi) is 3.35. The first-order chi connectivity index (χ1) is 11.8. The minimum atomic E-state index is -0.219. The maximum Gasteiger partial charge on any atom is 0.123 e. The fourth-order valence-corrected chi connectivity index (χ4v) is 4.02. The molecule has 5 rings (SSSR count). The van der Waals surface area contributed by atoms with Gasteiger partial charge < -0.3 is 14.8 Å². The third kappa shape index (κ3) is 2.33. The van der Waals surface area contributed by atoms with Crippen LogP contribution >= 0.6 is 0 Å². The summed E-state index contributed by atoms with van der Waals surface area (Å²) in [6, 6.07) is 13.1. The van der Waals surface area contributed by atoms with E-state index >= 15 is 0 Å². The van der Waals surface area contributed by atoms with E-state index in [1.807, 2.05) is 6.07 Å². The molecule has 0 aromatic heterocycles. The van der Waals surface area contributed by atoms with Gasteiger partial charge in [0.25, 0.3) is 0 Å². The van der Waals surface area contributed by atoms with Crippen LogP contribution in [0.5, 0.6) is 0 Å². The van der Waals surface area contributed by atoms with Gasteiger partial charge in [-0.15, -0.1) is 0 Å². The third-order valence-corrected chi connectivity index (χ3v) is 5.28. The van der Waals surface area contributed by atoms with Crippen LogP contribution in [0.2, 0.25) is 0 Å². The summed E-state index contributed by atoms with van der Waals surface area (Å²) >= 11 is 0.